The third-order valence-electron chi connectivity index (χ3n) is 8.76. The Hall–Kier alpha value is -2.97. The zero-order chi connectivity index (χ0) is 25.1. The third-order valence-corrected chi connectivity index (χ3v) is 9.75. The van der Waals surface area contributed by atoms with E-state index in [-0.39, 0.29) is 5.91 Å². The Morgan fingerprint density at radius 3 is 2.76 bits per heavy atom. The SMILES string of the molecule is CC1=[S+]c2nc(CC(=O)N3CCC4(CC3)CN([C@@H]3CCc5cc(-c6cc(C)ncn6)ccc53)C4)cn2C1. The molecule has 37 heavy (non-hydrogen) atoms. The molecule has 1 spiro atoms. The smallest absolute Gasteiger partial charge is 0.342 e. The van der Waals surface area contributed by atoms with Crippen LogP contribution in [0.2, 0.25) is 0 Å². The normalized spacial score (nSPS) is 22.1. The molecule has 7 rings (SSSR count). The van der Waals surface area contributed by atoms with Crippen LogP contribution >= 0.6 is 0 Å². The van der Waals surface area contributed by atoms with Crippen LogP contribution < -0.4 is 0 Å². The standard InChI is InChI=1S/C29H33N6OS/c1-19-11-25(31-18-30-19)22-3-5-24-21(12-22)4-6-26(24)35-16-29(17-35)7-9-33(10-8-29)27(36)13-23-15-34-14-20(2)37-28(34)32-23/h3,5,11-12,15,18,26H,4,6-10,13-14,16-17H2,1-2H3/q+1/t26-/m1/s1. The predicted octanol–water partition coefficient (Wildman–Crippen LogP) is 3.45. The minimum atomic E-state index is 0.230. The number of nitrogens with zero attached hydrogens (tertiary/aromatic N) is 6. The molecule has 1 aliphatic carbocycles. The average molecular weight is 514 g/mol. The van der Waals surface area contributed by atoms with Crippen LogP contribution in [0.1, 0.15) is 54.7 Å². The first-order valence-corrected chi connectivity index (χ1v) is 14.3. The molecule has 2 aromatic heterocycles. The lowest BCUT2D eigenvalue weighted by Crippen LogP contribution is -2.61. The number of amides is 1. The molecule has 2 fully saturated rings. The molecule has 8 heteroatoms. The van der Waals surface area contributed by atoms with Gasteiger partial charge < -0.3 is 4.90 Å². The van der Waals surface area contributed by atoms with E-state index in [2.05, 4.69) is 66.7 Å². The predicted molar refractivity (Wildman–Crippen MR) is 145 cm³/mol. The average Bonchev–Trinajstić information content (AvgIpc) is 3.54. The van der Waals surface area contributed by atoms with Gasteiger partial charge in [-0.1, -0.05) is 12.1 Å². The van der Waals surface area contributed by atoms with E-state index < -0.39 is 0 Å². The number of rotatable bonds is 4. The summed E-state index contributed by atoms with van der Waals surface area (Å²) >= 11 is 1.73. The second-order valence-corrected chi connectivity index (χ2v) is 12.7. The number of likely N-dealkylation sites (tertiary alicyclic amines) is 2. The van der Waals surface area contributed by atoms with Crippen molar-refractivity contribution in [2.75, 3.05) is 26.2 Å². The molecular formula is C29H33N6OS+. The highest BCUT2D eigenvalue weighted by molar-refractivity contribution is 7.78. The number of carbonyl (C=O) groups is 1. The molecule has 0 saturated carbocycles. The Balaban J connectivity index is 0.946. The van der Waals surface area contributed by atoms with Crippen LogP contribution in [-0.4, -0.2) is 66.3 Å². The Morgan fingerprint density at radius 2 is 1.97 bits per heavy atom. The van der Waals surface area contributed by atoms with Crippen LogP contribution in [0.4, 0.5) is 0 Å². The van der Waals surface area contributed by atoms with Gasteiger partial charge in [0.25, 0.3) is 11.4 Å². The third kappa shape index (κ3) is 4.20. The van der Waals surface area contributed by atoms with Gasteiger partial charge >= 0.3 is 5.16 Å². The first kappa shape index (κ1) is 23.2. The molecule has 0 N–H and O–H groups in total. The minimum Gasteiger partial charge on any atom is -0.342 e. The van der Waals surface area contributed by atoms with Crippen molar-refractivity contribution < 1.29 is 4.79 Å². The Kier molecular flexibility index (Phi) is 5.51. The van der Waals surface area contributed by atoms with Crippen molar-refractivity contribution in [3.8, 4) is 11.3 Å². The van der Waals surface area contributed by atoms with Gasteiger partial charge in [-0.05, 0) is 61.3 Å². The molecular weight excluding hydrogens is 480 g/mol. The topological polar surface area (TPSA) is 67.2 Å². The lowest BCUT2D eigenvalue weighted by Gasteiger charge is -2.56. The lowest BCUT2D eigenvalue weighted by atomic mass is 9.71. The van der Waals surface area contributed by atoms with E-state index in [1.54, 1.807) is 17.7 Å². The van der Waals surface area contributed by atoms with E-state index in [9.17, 15) is 4.79 Å². The summed E-state index contributed by atoms with van der Waals surface area (Å²) in [6, 6.07) is 9.48. The summed E-state index contributed by atoms with van der Waals surface area (Å²) in [6.45, 7) is 9.14. The second kappa shape index (κ2) is 8.81. The summed E-state index contributed by atoms with van der Waals surface area (Å²) in [5.74, 6) is 0.230. The van der Waals surface area contributed by atoms with Crippen LogP contribution in [0.5, 0.6) is 0 Å². The van der Waals surface area contributed by atoms with Gasteiger partial charge in [-0.3, -0.25) is 14.3 Å². The second-order valence-electron chi connectivity index (χ2n) is 11.4. The monoisotopic (exact) mass is 513 g/mol. The van der Waals surface area contributed by atoms with E-state index in [0.29, 0.717) is 17.9 Å². The number of imidazole rings is 1. The first-order valence-electron chi connectivity index (χ1n) is 13.4. The van der Waals surface area contributed by atoms with E-state index in [0.717, 1.165) is 74.2 Å². The number of benzene rings is 1. The summed E-state index contributed by atoms with van der Waals surface area (Å²) in [7, 11) is 0. The van der Waals surface area contributed by atoms with Crippen molar-refractivity contribution in [1.82, 2.24) is 29.3 Å². The van der Waals surface area contributed by atoms with Crippen molar-refractivity contribution in [3.63, 3.8) is 0 Å². The van der Waals surface area contributed by atoms with E-state index >= 15 is 0 Å². The molecule has 1 aromatic carbocycles. The number of piperidine rings is 1. The number of carbonyl (C=O) groups excluding carboxylic acids is 1. The number of hydrogen-bond acceptors (Lipinski definition) is 5. The van der Waals surface area contributed by atoms with Crippen molar-refractivity contribution in [1.29, 1.82) is 0 Å². The lowest BCUT2D eigenvalue weighted by molar-refractivity contribution is -0.136. The summed E-state index contributed by atoms with van der Waals surface area (Å²) < 4.78 is 2.16. The van der Waals surface area contributed by atoms with Gasteiger partial charge in [0.2, 0.25) is 10.8 Å². The van der Waals surface area contributed by atoms with E-state index in [1.807, 2.05) is 6.92 Å². The van der Waals surface area contributed by atoms with Crippen molar-refractivity contribution in [3.05, 3.63) is 59.3 Å². The Bertz CT molecular complexity index is 1410. The molecule has 1 amide bonds. The molecule has 2 saturated heterocycles. The van der Waals surface area contributed by atoms with Crippen LogP contribution in [0, 0.1) is 12.3 Å². The fourth-order valence-electron chi connectivity index (χ4n) is 6.75. The van der Waals surface area contributed by atoms with Crippen molar-refractivity contribution in [2.45, 2.75) is 63.7 Å². The highest BCUT2D eigenvalue weighted by Crippen LogP contribution is 2.48. The van der Waals surface area contributed by atoms with Crippen LogP contribution in [0.3, 0.4) is 0 Å². The summed E-state index contributed by atoms with van der Waals surface area (Å²) in [6.07, 6.45) is 8.71. The van der Waals surface area contributed by atoms with Crippen LogP contribution in [0.25, 0.3) is 11.3 Å². The van der Waals surface area contributed by atoms with Crippen LogP contribution in [-0.2, 0) is 35.5 Å². The van der Waals surface area contributed by atoms with Gasteiger partial charge in [0.05, 0.1) is 17.8 Å². The van der Waals surface area contributed by atoms with Gasteiger partial charge in [-0.15, -0.1) is 0 Å². The van der Waals surface area contributed by atoms with Crippen molar-refractivity contribution >= 4 is 22.1 Å². The highest BCUT2D eigenvalue weighted by Gasteiger charge is 2.48. The molecule has 0 unspecified atom stereocenters. The fraction of sp³-hybridized carbons (Fsp3) is 0.483. The minimum absolute atomic E-state index is 0.230. The van der Waals surface area contributed by atoms with Crippen LogP contribution in [0.15, 0.2) is 41.9 Å². The van der Waals surface area contributed by atoms with Gasteiger partial charge in [-0.2, -0.15) is 4.98 Å². The maximum absolute atomic E-state index is 13.0. The number of fused-ring (bicyclic) bond motifs is 2. The quantitative estimate of drug-likeness (QED) is 0.395. The fourth-order valence-corrected chi connectivity index (χ4v) is 7.67. The molecule has 7 nitrogen and oxygen atoms in total. The van der Waals surface area contributed by atoms with Gasteiger partial charge in [-0.25, -0.2) is 9.97 Å². The van der Waals surface area contributed by atoms with Gasteiger partial charge in [0.15, 0.2) is 0 Å². The Labute approximate surface area is 221 Å². The molecule has 1 atom stereocenters. The summed E-state index contributed by atoms with van der Waals surface area (Å²) in [5, 5.41) is 1.03. The highest BCUT2D eigenvalue weighted by atomic mass is 32.1. The number of aromatic nitrogens is 4. The maximum Gasteiger partial charge on any atom is 0.403 e. The van der Waals surface area contributed by atoms with Gasteiger partial charge in [0.1, 0.15) is 12.9 Å². The molecule has 3 aliphatic heterocycles. The summed E-state index contributed by atoms with van der Waals surface area (Å²) in [4.78, 5) is 32.5. The maximum atomic E-state index is 13.0. The van der Waals surface area contributed by atoms with Crippen molar-refractivity contribution in [2.24, 2.45) is 5.41 Å². The molecule has 0 bridgehead atoms. The molecule has 190 valence electrons. The van der Waals surface area contributed by atoms with Gasteiger partial charge in [0, 0.05) is 56.6 Å². The largest absolute Gasteiger partial charge is 0.403 e. The molecule has 3 aromatic rings. The molecule has 5 heterocycles. The molecule has 0 radical (unpaired) electrons. The van der Waals surface area contributed by atoms with E-state index in [1.165, 1.54) is 28.0 Å². The Morgan fingerprint density at radius 1 is 1.14 bits per heavy atom. The van der Waals surface area contributed by atoms with E-state index in [4.69, 9.17) is 0 Å². The first-order chi connectivity index (χ1) is 17.9. The molecule has 4 aliphatic rings. The zero-order valence-corrected chi connectivity index (χ0v) is 22.4. The summed E-state index contributed by atoms with van der Waals surface area (Å²) in [5.41, 5.74) is 7.46. The number of aryl methyl sites for hydroxylation is 2. The zero-order valence-electron chi connectivity index (χ0n) is 21.6. The number of hydrogen-bond donors (Lipinski definition) is 0.